The van der Waals surface area contributed by atoms with Crippen LogP contribution >= 0.6 is 0 Å². The van der Waals surface area contributed by atoms with Gasteiger partial charge in [0.25, 0.3) is 11.7 Å². The SMILES string of the molecule is COC(=O)c1cccc(N2C(=O)C(=O)/C(=C(\O)c3ccc4c(c3)CCO4)C2c2ccc(N(C)C)cc2)c1. The molecule has 8 heteroatoms. The Labute approximate surface area is 214 Å². The van der Waals surface area contributed by atoms with E-state index in [1.165, 1.54) is 18.1 Å². The van der Waals surface area contributed by atoms with Crippen molar-refractivity contribution in [2.24, 2.45) is 0 Å². The number of Topliss-reactive ketones (excluding diaryl/α,β-unsaturated/α-hetero) is 1. The molecule has 2 heterocycles. The lowest BCUT2D eigenvalue weighted by Crippen LogP contribution is -2.29. The number of rotatable bonds is 5. The Morgan fingerprint density at radius 3 is 2.49 bits per heavy atom. The van der Waals surface area contributed by atoms with Gasteiger partial charge in [0.05, 0.1) is 30.9 Å². The molecule has 2 aliphatic rings. The third-order valence-electron chi connectivity index (χ3n) is 6.68. The molecule has 3 aromatic rings. The van der Waals surface area contributed by atoms with E-state index in [4.69, 9.17) is 9.47 Å². The van der Waals surface area contributed by atoms with Gasteiger partial charge in [0.15, 0.2) is 0 Å². The lowest BCUT2D eigenvalue weighted by Gasteiger charge is -2.26. The first-order valence-electron chi connectivity index (χ1n) is 11.8. The van der Waals surface area contributed by atoms with Gasteiger partial charge in [0, 0.05) is 37.5 Å². The van der Waals surface area contributed by atoms with Crippen LogP contribution in [0.15, 0.2) is 72.3 Å². The predicted molar refractivity (Wildman–Crippen MR) is 139 cm³/mol. The second-order valence-corrected chi connectivity index (χ2v) is 9.12. The van der Waals surface area contributed by atoms with Crippen molar-refractivity contribution in [3.8, 4) is 5.75 Å². The number of anilines is 2. The van der Waals surface area contributed by atoms with Crippen molar-refractivity contribution in [2.75, 3.05) is 37.6 Å². The number of benzene rings is 3. The van der Waals surface area contributed by atoms with Gasteiger partial charge in [0.2, 0.25) is 0 Å². The molecule has 1 N–H and O–H groups in total. The summed E-state index contributed by atoms with van der Waals surface area (Å²) in [6.07, 6.45) is 0.695. The Morgan fingerprint density at radius 1 is 1.03 bits per heavy atom. The minimum atomic E-state index is -0.909. The summed E-state index contributed by atoms with van der Waals surface area (Å²) in [5, 5.41) is 11.4. The van der Waals surface area contributed by atoms with Crippen LogP contribution in [0, 0.1) is 0 Å². The van der Waals surface area contributed by atoms with Crippen LogP contribution in [0.4, 0.5) is 11.4 Å². The molecule has 2 aliphatic heterocycles. The van der Waals surface area contributed by atoms with E-state index in [-0.39, 0.29) is 16.9 Å². The van der Waals surface area contributed by atoms with Crippen molar-refractivity contribution in [3.63, 3.8) is 0 Å². The van der Waals surface area contributed by atoms with Crippen molar-refractivity contribution >= 4 is 34.8 Å². The molecule has 188 valence electrons. The number of hydrogen-bond donors (Lipinski definition) is 1. The monoisotopic (exact) mass is 498 g/mol. The van der Waals surface area contributed by atoms with E-state index in [1.54, 1.807) is 36.4 Å². The molecule has 1 unspecified atom stereocenters. The first kappa shape index (κ1) is 24.1. The molecule has 0 radical (unpaired) electrons. The molecule has 1 saturated heterocycles. The standard InChI is InChI=1S/C29H26N2O6/c1-30(2)21-10-7-17(8-11-21)25-24(26(32)19-9-12-23-18(15-19)13-14-37-23)27(33)28(34)31(25)22-6-4-5-20(16-22)29(35)36-3/h4-12,15-16,25,32H,13-14H2,1-3H3/b26-24-. The van der Waals surface area contributed by atoms with Crippen LogP contribution in [0.5, 0.6) is 5.75 Å². The fourth-order valence-electron chi connectivity index (χ4n) is 4.76. The van der Waals surface area contributed by atoms with E-state index >= 15 is 0 Å². The normalized spacial score (nSPS) is 17.9. The number of ether oxygens (including phenoxy) is 2. The number of esters is 1. The molecule has 0 saturated carbocycles. The topological polar surface area (TPSA) is 96.4 Å². The summed E-state index contributed by atoms with van der Waals surface area (Å²) >= 11 is 0. The van der Waals surface area contributed by atoms with E-state index in [1.807, 2.05) is 43.3 Å². The molecule has 3 aromatic carbocycles. The predicted octanol–water partition coefficient (Wildman–Crippen LogP) is 4.10. The number of ketones is 1. The van der Waals surface area contributed by atoms with Crippen LogP contribution in [0.2, 0.25) is 0 Å². The zero-order chi connectivity index (χ0) is 26.3. The summed E-state index contributed by atoms with van der Waals surface area (Å²) in [7, 11) is 5.10. The largest absolute Gasteiger partial charge is 0.507 e. The number of amides is 1. The Balaban J connectivity index is 1.69. The highest BCUT2D eigenvalue weighted by Crippen LogP contribution is 2.43. The summed E-state index contributed by atoms with van der Waals surface area (Å²) in [4.78, 5) is 42.3. The molecular weight excluding hydrogens is 472 g/mol. The van der Waals surface area contributed by atoms with Crippen molar-refractivity contribution in [2.45, 2.75) is 12.5 Å². The number of nitrogens with zero attached hydrogens (tertiary/aromatic N) is 2. The van der Waals surface area contributed by atoms with E-state index in [0.29, 0.717) is 29.8 Å². The Bertz CT molecular complexity index is 1440. The second kappa shape index (κ2) is 9.46. The number of fused-ring (bicyclic) bond motifs is 1. The average molecular weight is 499 g/mol. The third kappa shape index (κ3) is 4.20. The minimum Gasteiger partial charge on any atom is -0.507 e. The highest BCUT2D eigenvalue weighted by Gasteiger charge is 2.47. The molecule has 0 spiro atoms. The number of aliphatic hydroxyl groups is 1. The van der Waals surface area contributed by atoms with E-state index in [2.05, 4.69) is 0 Å². The van der Waals surface area contributed by atoms with Gasteiger partial charge in [-0.1, -0.05) is 18.2 Å². The molecule has 1 amide bonds. The van der Waals surface area contributed by atoms with E-state index in [0.717, 1.165) is 17.0 Å². The zero-order valence-corrected chi connectivity index (χ0v) is 20.7. The lowest BCUT2D eigenvalue weighted by atomic mass is 9.94. The highest BCUT2D eigenvalue weighted by molar-refractivity contribution is 6.51. The molecule has 8 nitrogen and oxygen atoms in total. The number of aliphatic hydroxyl groups excluding tert-OH is 1. The molecular formula is C29H26N2O6. The van der Waals surface area contributed by atoms with Crippen LogP contribution in [-0.4, -0.2) is 50.6 Å². The highest BCUT2D eigenvalue weighted by atomic mass is 16.5. The molecule has 0 aliphatic carbocycles. The maximum Gasteiger partial charge on any atom is 0.337 e. The van der Waals surface area contributed by atoms with Crippen LogP contribution in [0.3, 0.4) is 0 Å². The van der Waals surface area contributed by atoms with Crippen LogP contribution in [0.25, 0.3) is 5.76 Å². The van der Waals surface area contributed by atoms with Gasteiger partial charge < -0.3 is 19.5 Å². The minimum absolute atomic E-state index is 0.0232. The Kier molecular flexibility index (Phi) is 6.17. The number of hydrogen-bond acceptors (Lipinski definition) is 7. The van der Waals surface area contributed by atoms with Gasteiger partial charge in [-0.25, -0.2) is 4.79 Å². The van der Waals surface area contributed by atoms with Gasteiger partial charge in [-0.15, -0.1) is 0 Å². The molecule has 5 rings (SSSR count). The van der Waals surface area contributed by atoms with Crippen molar-refractivity contribution in [1.82, 2.24) is 0 Å². The number of carbonyl (C=O) groups is 3. The zero-order valence-electron chi connectivity index (χ0n) is 20.7. The van der Waals surface area contributed by atoms with E-state index < -0.39 is 23.7 Å². The van der Waals surface area contributed by atoms with Gasteiger partial charge >= 0.3 is 5.97 Å². The molecule has 37 heavy (non-hydrogen) atoms. The average Bonchev–Trinajstić information content (AvgIpc) is 3.49. The Morgan fingerprint density at radius 2 is 1.78 bits per heavy atom. The maximum absolute atomic E-state index is 13.4. The first-order valence-corrected chi connectivity index (χ1v) is 11.8. The summed E-state index contributed by atoms with van der Waals surface area (Å²) in [5.41, 5.74) is 3.49. The molecule has 1 fully saturated rings. The van der Waals surface area contributed by atoms with Crippen molar-refractivity contribution in [1.29, 1.82) is 0 Å². The molecule has 0 bridgehead atoms. The van der Waals surface area contributed by atoms with Gasteiger partial charge in [-0.3, -0.25) is 14.5 Å². The Hall–Kier alpha value is -4.59. The van der Waals surface area contributed by atoms with Gasteiger partial charge in [-0.2, -0.15) is 0 Å². The van der Waals surface area contributed by atoms with Crippen LogP contribution in [0.1, 0.15) is 33.1 Å². The third-order valence-corrected chi connectivity index (χ3v) is 6.68. The van der Waals surface area contributed by atoms with Crippen molar-refractivity contribution in [3.05, 3.63) is 94.6 Å². The van der Waals surface area contributed by atoms with Crippen LogP contribution in [-0.2, 0) is 20.7 Å². The van der Waals surface area contributed by atoms with Crippen LogP contribution < -0.4 is 14.5 Å². The smallest absolute Gasteiger partial charge is 0.337 e. The van der Waals surface area contributed by atoms with Gasteiger partial charge in [-0.05, 0) is 59.7 Å². The second-order valence-electron chi connectivity index (χ2n) is 9.12. The fourth-order valence-corrected chi connectivity index (χ4v) is 4.76. The fraction of sp³-hybridized carbons (Fsp3) is 0.207. The summed E-state index contributed by atoms with van der Waals surface area (Å²) in [5.74, 6) is -1.69. The quantitative estimate of drug-likeness (QED) is 0.245. The van der Waals surface area contributed by atoms with Crippen molar-refractivity contribution < 1.29 is 29.0 Å². The first-order chi connectivity index (χ1) is 17.8. The number of carbonyl (C=O) groups excluding carboxylic acids is 3. The van der Waals surface area contributed by atoms with Gasteiger partial charge in [0.1, 0.15) is 11.5 Å². The lowest BCUT2D eigenvalue weighted by molar-refractivity contribution is -0.132. The summed E-state index contributed by atoms with van der Waals surface area (Å²) in [6, 6.07) is 18.1. The summed E-state index contributed by atoms with van der Waals surface area (Å²) < 4.78 is 10.4. The number of methoxy groups -OCH3 is 1. The molecule has 0 aromatic heterocycles. The molecule has 1 atom stereocenters. The maximum atomic E-state index is 13.4. The summed E-state index contributed by atoms with van der Waals surface area (Å²) in [6.45, 7) is 0.554. The van der Waals surface area contributed by atoms with E-state index in [9.17, 15) is 19.5 Å².